The number of rotatable bonds is 8. The first-order valence-corrected chi connectivity index (χ1v) is 12.0. The molecule has 0 bridgehead atoms. The highest BCUT2D eigenvalue weighted by Crippen LogP contribution is 2.26. The maximum Gasteiger partial charge on any atom is 0.242 e. The Morgan fingerprint density at radius 3 is 2.50 bits per heavy atom. The van der Waals surface area contributed by atoms with Crippen molar-refractivity contribution in [1.29, 1.82) is 0 Å². The lowest BCUT2D eigenvalue weighted by molar-refractivity contribution is -0.121. The van der Waals surface area contributed by atoms with Crippen LogP contribution in [0.2, 0.25) is 10.0 Å². The Hall–Kier alpha value is -2.51. The number of carbonyl (C=O) groups is 1. The number of carbonyl (C=O) groups excluding carboxylic acids is 1. The van der Waals surface area contributed by atoms with Crippen molar-refractivity contribution in [3.63, 3.8) is 0 Å². The Labute approximate surface area is 214 Å². The number of hydrogen-bond acceptors (Lipinski definition) is 4. The minimum absolute atomic E-state index is 0.0252. The summed E-state index contributed by atoms with van der Waals surface area (Å²) >= 11 is 18.0. The second-order valence-electron chi connectivity index (χ2n) is 8.24. The van der Waals surface area contributed by atoms with Crippen LogP contribution in [0.5, 0.6) is 5.75 Å². The molecule has 1 fully saturated rings. The molecule has 9 heteroatoms. The van der Waals surface area contributed by atoms with Gasteiger partial charge in [0, 0.05) is 52.0 Å². The van der Waals surface area contributed by atoms with Crippen LogP contribution in [0.4, 0.5) is 5.82 Å². The van der Waals surface area contributed by atoms with Crippen LogP contribution in [0, 0.1) is 6.92 Å². The SMILES string of the molecule is C=C(Cl)COc1ccc(Cl)cc1Cn1nc(N2CCN(Cc3ccc(Cl)cc3)CC2=O)cc1C. The number of nitrogens with zero attached hydrogens (tertiary/aromatic N) is 4. The Bertz CT molecular complexity index is 1190. The van der Waals surface area contributed by atoms with E-state index in [2.05, 4.69) is 11.5 Å². The quantitative estimate of drug-likeness (QED) is 0.393. The number of piperazine rings is 1. The van der Waals surface area contributed by atoms with E-state index in [1.54, 1.807) is 17.0 Å². The molecule has 2 aromatic carbocycles. The number of anilines is 1. The molecule has 178 valence electrons. The van der Waals surface area contributed by atoms with Crippen molar-refractivity contribution in [2.45, 2.75) is 20.0 Å². The Balaban J connectivity index is 1.44. The standard InChI is InChI=1S/C25H25Cl3N4O2/c1-17(26)16-34-23-8-7-22(28)12-20(23)14-32-18(2)11-24(29-32)31-10-9-30(15-25(31)33)13-19-3-5-21(27)6-4-19/h3-8,11-12H,1,9-10,13-16H2,2H3. The summed E-state index contributed by atoms with van der Waals surface area (Å²) < 4.78 is 7.61. The van der Waals surface area contributed by atoms with E-state index in [1.807, 2.05) is 48.0 Å². The van der Waals surface area contributed by atoms with Crippen molar-refractivity contribution >= 4 is 46.5 Å². The summed E-state index contributed by atoms with van der Waals surface area (Å²) in [5, 5.41) is 6.43. The van der Waals surface area contributed by atoms with Gasteiger partial charge in [-0.2, -0.15) is 5.10 Å². The zero-order chi connectivity index (χ0) is 24.2. The van der Waals surface area contributed by atoms with Gasteiger partial charge in [-0.1, -0.05) is 53.5 Å². The molecule has 0 radical (unpaired) electrons. The van der Waals surface area contributed by atoms with Gasteiger partial charge in [-0.25, -0.2) is 0 Å². The fourth-order valence-corrected chi connectivity index (χ4v) is 4.24. The minimum Gasteiger partial charge on any atom is -0.488 e. The summed E-state index contributed by atoms with van der Waals surface area (Å²) in [5.74, 6) is 1.33. The number of halogens is 3. The van der Waals surface area contributed by atoms with Gasteiger partial charge in [-0.3, -0.25) is 19.3 Å². The first-order chi connectivity index (χ1) is 16.3. The molecule has 0 spiro atoms. The van der Waals surface area contributed by atoms with E-state index < -0.39 is 0 Å². The molecule has 1 aliphatic heterocycles. The highest BCUT2D eigenvalue weighted by molar-refractivity contribution is 6.31. The molecule has 0 aliphatic carbocycles. The number of benzene rings is 2. The third kappa shape index (κ3) is 6.13. The monoisotopic (exact) mass is 518 g/mol. The summed E-state index contributed by atoms with van der Waals surface area (Å²) in [6.07, 6.45) is 0. The zero-order valence-corrected chi connectivity index (χ0v) is 21.1. The third-order valence-corrected chi connectivity index (χ3v) is 6.19. The summed E-state index contributed by atoms with van der Waals surface area (Å²) in [6, 6.07) is 15.1. The predicted molar refractivity (Wildman–Crippen MR) is 137 cm³/mol. The second kappa shape index (κ2) is 10.8. The van der Waals surface area contributed by atoms with Crippen LogP contribution in [-0.2, 0) is 17.9 Å². The maximum absolute atomic E-state index is 12.9. The first kappa shape index (κ1) is 24.6. The highest BCUT2D eigenvalue weighted by Gasteiger charge is 2.27. The summed E-state index contributed by atoms with van der Waals surface area (Å²) in [6.45, 7) is 8.65. The number of amides is 1. The van der Waals surface area contributed by atoms with Crippen molar-refractivity contribution in [2.75, 3.05) is 31.1 Å². The lowest BCUT2D eigenvalue weighted by atomic mass is 10.2. The summed E-state index contributed by atoms with van der Waals surface area (Å²) in [5.41, 5.74) is 2.92. The molecular formula is C25H25Cl3N4O2. The first-order valence-electron chi connectivity index (χ1n) is 10.8. The van der Waals surface area contributed by atoms with Gasteiger partial charge in [0.25, 0.3) is 0 Å². The minimum atomic E-state index is 0.0252. The van der Waals surface area contributed by atoms with Crippen LogP contribution in [0.3, 0.4) is 0 Å². The molecule has 1 saturated heterocycles. The van der Waals surface area contributed by atoms with Gasteiger partial charge in [0.2, 0.25) is 5.91 Å². The Kier molecular flexibility index (Phi) is 7.84. The summed E-state index contributed by atoms with van der Waals surface area (Å²) in [7, 11) is 0. The van der Waals surface area contributed by atoms with E-state index in [4.69, 9.17) is 44.6 Å². The largest absolute Gasteiger partial charge is 0.488 e. The Morgan fingerprint density at radius 1 is 1.06 bits per heavy atom. The topological polar surface area (TPSA) is 50.6 Å². The number of aryl methyl sites for hydroxylation is 1. The lowest BCUT2D eigenvalue weighted by Gasteiger charge is -2.33. The predicted octanol–water partition coefficient (Wildman–Crippen LogP) is 5.53. The van der Waals surface area contributed by atoms with Gasteiger partial charge < -0.3 is 4.74 Å². The molecule has 2 heterocycles. The Morgan fingerprint density at radius 2 is 1.79 bits per heavy atom. The van der Waals surface area contributed by atoms with Crippen LogP contribution in [-0.4, -0.2) is 46.8 Å². The van der Waals surface area contributed by atoms with Gasteiger partial charge in [-0.15, -0.1) is 0 Å². The average Bonchev–Trinajstić information content (AvgIpc) is 3.14. The zero-order valence-electron chi connectivity index (χ0n) is 18.8. The normalized spacial score (nSPS) is 14.5. The summed E-state index contributed by atoms with van der Waals surface area (Å²) in [4.78, 5) is 16.8. The fourth-order valence-electron chi connectivity index (χ4n) is 3.86. The smallest absolute Gasteiger partial charge is 0.242 e. The van der Waals surface area contributed by atoms with Crippen LogP contribution < -0.4 is 9.64 Å². The van der Waals surface area contributed by atoms with E-state index >= 15 is 0 Å². The highest BCUT2D eigenvalue weighted by atomic mass is 35.5. The van der Waals surface area contributed by atoms with Crippen LogP contribution in [0.15, 0.2) is 60.1 Å². The van der Waals surface area contributed by atoms with E-state index in [1.165, 1.54) is 0 Å². The van der Waals surface area contributed by atoms with Crippen LogP contribution in [0.1, 0.15) is 16.8 Å². The van der Waals surface area contributed by atoms with E-state index in [0.717, 1.165) is 23.4 Å². The molecule has 6 nitrogen and oxygen atoms in total. The van der Waals surface area contributed by atoms with Crippen LogP contribution in [0.25, 0.3) is 0 Å². The van der Waals surface area contributed by atoms with Gasteiger partial charge in [0.1, 0.15) is 12.4 Å². The van der Waals surface area contributed by atoms with E-state index in [0.29, 0.717) is 52.8 Å². The van der Waals surface area contributed by atoms with Crippen LogP contribution >= 0.6 is 34.8 Å². The van der Waals surface area contributed by atoms with E-state index in [-0.39, 0.29) is 12.5 Å². The second-order valence-corrected chi connectivity index (χ2v) is 9.65. The molecule has 34 heavy (non-hydrogen) atoms. The lowest BCUT2D eigenvalue weighted by Crippen LogP contribution is -2.50. The van der Waals surface area contributed by atoms with Gasteiger partial charge >= 0.3 is 0 Å². The van der Waals surface area contributed by atoms with Gasteiger partial charge in [0.15, 0.2) is 5.82 Å². The molecular weight excluding hydrogens is 495 g/mol. The van der Waals surface area contributed by atoms with Crippen molar-refractivity contribution in [2.24, 2.45) is 0 Å². The molecule has 0 N–H and O–H groups in total. The molecule has 1 amide bonds. The average molecular weight is 520 g/mol. The molecule has 0 saturated carbocycles. The van der Waals surface area contributed by atoms with Gasteiger partial charge in [-0.05, 0) is 42.8 Å². The number of aromatic nitrogens is 2. The molecule has 4 rings (SSSR count). The van der Waals surface area contributed by atoms with Crippen molar-refractivity contribution in [3.05, 3.63) is 87.0 Å². The van der Waals surface area contributed by atoms with E-state index in [9.17, 15) is 4.79 Å². The number of ether oxygens (including phenoxy) is 1. The van der Waals surface area contributed by atoms with Crippen molar-refractivity contribution in [1.82, 2.24) is 14.7 Å². The fraction of sp³-hybridized carbons (Fsp3) is 0.280. The molecule has 1 aliphatic rings. The molecule has 0 atom stereocenters. The van der Waals surface area contributed by atoms with Gasteiger partial charge in [0.05, 0.1) is 13.1 Å². The molecule has 0 unspecified atom stereocenters. The molecule has 1 aromatic heterocycles. The maximum atomic E-state index is 12.9. The third-order valence-electron chi connectivity index (χ3n) is 5.59. The van der Waals surface area contributed by atoms with Crippen molar-refractivity contribution < 1.29 is 9.53 Å². The number of hydrogen-bond donors (Lipinski definition) is 0. The van der Waals surface area contributed by atoms with Crippen molar-refractivity contribution in [3.8, 4) is 5.75 Å². The molecule has 3 aromatic rings.